The summed E-state index contributed by atoms with van der Waals surface area (Å²) in [6.07, 6.45) is 4.84. The number of hydrogen-bond donors (Lipinski definition) is 3. The van der Waals surface area contributed by atoms with Gasteiger partial charge in [-0.25, -0.2) is 4.79 Å². The number of aromatic hydroxyl groups is 1. The SMILES string of the molecule is CCCCCCn1c(O)c(C2NCCc3ccccc32)c(=O)[nH]c1=O. The minimum atomic E-state index is -0.549. The lowest BCUT2D eigenvalue weighted by Gasteiger charge is -2.27. The number of nitrogens with zero attached hydrogens (tertiary/aromatic N) is 1. The minimum absolute atomic E-state index is 0.223. The van der Waals surface area contributed by atoms with Crippen LogP contribution in [-0.2, 0) is 13.0 Å². The van der Waals surface area contributed by atoms with Gasteiger partial charge in [0.2, 0.25) is 5.88 Å². The zero-order chi connectivity index (χ0) is 17.8. The number of H-pyrrole nitrogens is 1. The highest BCUT2D eigenvalue weighted by atomic mass is 16.3. The summed E-state index contributed by atoms with van der Waals surface area (Å²) in [5.74, 6) is -0.223. The Balaban J connectivity index is 2.00. The van der Waals surface area contributed by atoms with Crippen molar-refractivity contribution in [2.24, 2.45) is 0 Å². The summed E-state index contributed by atoms with van der Waals surface area (Å²) in [7, 11) is 0. The van der Waals surface area contributed by atoms with Gasteiger partial charge >= 0.3 is 5.69 Å². The molecule has 6 nitrogen and oxygen atoms in total. The third-order valence-corrected chi connectivity index (χ3v) is 4.84. The molecule has 0 amide bonds. The second kappa shape index (κ2) is 7.70. The molecular formula is C19H25N3O3. The van der Waals surface area contributed by atoms with Crippen molar-refractivity contribution in [3.63, 3.8) is 0 Å². The molecule has 1 aromatic heterocycles. The van der Waals surface area contributed by atoms with Crippen molar-refractivity contribution >= 4 is 0 Å². The van der Waals surface area contributed by atoms with Crippen LogP contribution in [0.25, 0.3) is 0 Å². The lowest BCUT2D eigenvalue weighted by atomic mass is 9.91. The minimum Gasteiger partial charge on any atom is -0.494 e. The van der Waals surface area contributed by atoms with Gasteiger partial charge in [0.15, 0.2) is 0 Å². The number of fused-ring (bicyclic) bond motifs is 1. The molecule has 134 valence electrons. The molecule has 1 unspecified atom stereocenters. The van der Waals surface area contributed by atoms with Crippen LogP contribution in [0.2, 0.25) is 0 Å². The molecule has 0 fully saturated rings. The van der Waals surface area contributed by atoms with Gasteiger partial charge in [-0.15, -0.1) is 0 Å². The highest BCUT2D eigenvalue weighted by Gasteiger charge is 2.28. The second-order valence-corrected chi connectivity index (χ2v) is 6.54. The first-order valence-corrected chi connectivity index (χ1v) is 9.00. The summed E-state index contributed by atoms with van der Waals surface area (Å²) in [5.41, 5.74) is 1.28. The molecule has 0 bridgehead atoms. The van der Waals surface area contributed by atoms with Gasteiger partial charge in [-0.2, -0.15) is 0 Å². The lowest BCUT2D eigenvalue weighted by Crippen LogP contribution is -2.39. The summed E-state index contributed by atoms with van der Waals surface area (Å²) in [6, 6.07) is 7.48. The van der Waals surface area contributed by atoms with Crippen molar-refractivity contribution < 1.29 is 5.11 Å². The van der Waals surface area contributed by atoms with E-state index >= 15 is 0 Å². The van der Waals surface area contributed by atoms with Crippen LogP contribution in [0, 0.1) is 0 Å². The van der Waals surface area contributed by atoms with E-state index in [9.17, 15) is 14.7 Å². The van der Waals surface area contributed by atoms with E-state index < -0.39 is 17.3 Å². The quantitative estimate of drug-likeness (QED) is 0.701. The molecule has 25 heavy (non-hydrogen) atoms. The number of benzene rings is 1. The molecule has 6 heteroatoms. The van der Waals surface area contributed by atoms with Crippen molar-refractivity contribution in [3.05, 3.63) is 61.8 Å². The number of hydrogen-bond acceptors (Lipinski definition) is 4. The normalized spacial score (nSPS) is 16.6. The predicted octanol–water partition coefficient (Wildman–Crippen LogP) is 2.06. The summed E-state index contributed by atoms with van der Waals surface area (Å²) in [4.78, 5) is 26.9. The van der Waals surface area contributed by atoms with Crippen molar-refractivity contribution in [2.75, 3.05) is 6.54 Å². The van der Waals surface area contributed by atoms with Crippen molar-refractivity contribution in [1.82, 2.24) is 14.9 Å². The van der Waals surface area contributed by atoms with Crippen molar-refractivity contribution in [2.45, 2.75) is 51.6 Å². The zero-order valence-electron chi connectivity index (χ0n) is 14.5. The molecule has 3 rings (SSSR count). The number of aromatic nitrogens is 2. The zero-order valence-corrected chi connectivity index (χ0v) is 14.5. The fourth-order valence-corrected chi connectivity index (χ4v) is 3.50. The Morgan fingerprint density at radius 3 is 2.80 bits per heavy atom. The second-order valence-electron chi connectivity index (χ2n) is 6.54. The molecule has 1 atom stereocenters. The van der Waals surface area contributed by atoms with Crippen LogP contribution in [0.15, 0.2) is 33.9 Å². The average Bonchev–Trinajstić information content (AvgIpc) is 2.61. The molecule has 2 heterocycles. The van der Waals surface area contributed by atoms with Crippen molar-refractivity contribution in [1.29, 1.82) is 0 Å². The van der Waals surface area contributed by atoms with Gasteiger partial charge in [0.25, 0.3) is 5.56 Å². The monoisotopic (exact) mass is 343 g/mol. The molecule has 0 aliphatic carbocycles. The van der Waals surface area contributed by atoms with Gasteiger partial charge in [0.1, 0.15) is 0 Å². The Hall–Kier alpha value is -2.34. The van der Waals surface area contributed by atoms with E-state index in [0.717, 1.165) is 49.8 Å². The van der Waals surface area contributed by atoms with Crippen LogP contribution >= 0.6 is 0 Å². The first-order valence-electron chi connectivity index (χ1n) is 9.00. The first kappa shape index (κ1) is 17.5. The van der Waals surface area contributed by atoms with E-state index in [0.29, 0.717) is 6.54 Å². The van der Waals surface area contributed by atoms with E-state index in [2.05, 4.69) is 17.2 Å². The standard InChI is InChI=1S/C19H25N3O3/c1-2-3-4-7-12-22-18(24)15(17(23)21-19(22)25)16-14-9-6-5-8-13(14)10-11-20-16/h5-6,8-9,16,20,24H,2-4,7,10-12H2,1H3,(H,21,23,25). The molecule has 3 N–H and O–H groups in total. The number of aromatic amines is 1. The fraction of sp³-hybridized carbons (Fsp3) is 0.474. The summed E-state index contributed by atoms with van der Waals surface area (Å²) in [6.45, 7) is 3.24. The van der Waals surface area contributed by atoms with Crippen molar-refractivity contribution in [3.8, 4) is 5.88 Å². The maximum atomic E-state index is 12.4. The summed E-state index contributed by atoms with van der Waals surface area (Å²) >= 11 is 0. The van der Waals surface area contributed by atoms with Gasteiger partial charge in [-0.1, -0.05) is 50.5 Å². The molecule has 1 aromatic carbocycles. The lowest BCUT2D eigenvalue weighted by molar-refractivity contribution is 0.377. The number of unbranched alkanes of at least 4 members (excludes halogenated alkanes) is 3. The van der Waals surface area contributed by atoms with E-state index in [1.165, 1.54) is 4.57 Å². The van der Waals surface area contributed by atoms with E-state index in [4.69, 9.17) is 0 Å². The maximum Gasteiger partial charge on any atom is 0.331 e. The molecule has 1 aliphatic rings. The Morgan fingerprint density at radius 1 is 1.20 bits per heavy atom. The van der Waals surface area contributed by atoms with Crippen LogP contribution < -0.4 is 16.6 Å². The Morgan fingerprint density at radius 2 is 2.00 bits per heavy atom. The molecule has 2 aromatic rings. The molecule has 0 radical (unpaired) electrons. The largest absolute Gasteiger partial charge is 0.494 e. The molecular weight excluding hydrogens is 318 g/mol. The topological polar surface area (TPSA) is 87.1 Å². The molecule has 1 aliphatic heterocycles. The van der Waals surface area contributed by atoms with Gasteiger partial charge in [0, 0.05) is 13.1 Å². The maximum absolute atomic E-state index is 12.4. The van der Waals surface area contributed by atoms with Crippen LogP contribution in [0.1, 0.15) is 55.3 Å². The first-order chi connectivity index (χ1) is 12.1. The number of rotatable bonds is 6. The third kappa shape index (κ3) is 3.54. The van der Waals surface area contributed by atoms with Gasteiger partial charge in [0.05, 0.1) is 11.6 Å². The van der Waals surface area contributed by atoms with Crippen LogP contribution in [-0.4, -0.2) is 21.2 Å². The van der Waals surface area contributed by atoms with E-state index in [1.807, 2.05) is 24.3 Å². The Bertz CT molecular complexity index is 854. The molecule has 0 spiro atoms. The summed E-state index contributed by atoms with van der Waals surface area (Å²) < 4.78 is 1.28. The third-order valence-electron chi connectivity index (χ3n) is 4.84. The van der Waals surface area contributed by atoms with Crippen LogP contribution in [0.3, 0.4) is 0 Å². The highest BCUT2D eigenvalue weighted by molar-refractivity contribution is 5.41. The van der Waals surface area contributed by atoms with Gasteiger partial charge in [-0.05, 0) is 24.0 Å². The Labute approximate surface area is 146 Å². The smallest absolute Gasteiger partial charge is 0.331 e. The molecule has 0 saturated carbocycles. The fourth-order valence-electron chi connectivity index (χ4n) is 3.50. The predicted molar refractivity (Wildman–Crippen MR) is 97.1 cm³/mol. The van der Waals surface area contributed by atoms with Gasteiger partial charge in [-0.3, -0.25) is 14.3 Å². The Kier molecular flexibility index (Phi) is 5.38. The highest BCUT2D eigenvalue weighted by Crippen LogP contribution is 2.30. The van der Waals surface area contributed by atoms with E-state index in [1.54, 1.807) is 0 Å². The molecule has 0 saturated heterocycles. The summed E-state index contributed by atoms with van der Waals surface area (Å²) in [5, 5.41) is 14.0. The van der Waals surface area contributed by atoms with Gasteiger partial charge < -0.3 is 10.4 Å². The van der Waals surface area contributed by atoms with Crippen LogP contribution in [0.4, 0.5) is 0 Å². The van der Waals surface area contributed by atoms with Crippen LogP contribution in [0.5, 0.6) is 5.88 Å². The average molecular weight is 343 g/mol. The van der Waals surface area contributed by atoms with E-state index in [-0.39, 0.29) is 11.4 Å². The number of nitrogens with one attached hydrogen (secondary N) is 2.